The molecule has 1 aromatic carbocycles. The molecule has 0 bridgehead atoms. The molecule has 4 nitrogen and oxygen atoms in total. The molecule has 0 amide bonds. The van der Waals surface area contributed by atoms with E-state index in [2.05, 4.69) is 9.97 Å². The molecule has 0 atom stereocenters. The summed E-state index contributed by atoms with van der Waals surface area (Å²) >= 11 is 11.4. The Hall–Kier alpha value is -0.620. The van der Waals surface area contributed by atoms with Crippen molar-refractivity contribution in [3.8, 4) is 0 Å². The van der Waals surface area contributed by atoms with Gasteiger partial charge in [0.1, 0.15) is 5.15 Å². The van der Waals surface area contributed by atoms with E-state index in [1.54, 1.807) is 0 Å². The molecule has 0 unspecified atom stereocenters. The molecule has 16 heavy (non-hydrogen) atoms. The van der Waals surface area contributed by atoms with Crippen LogP contribution in [0.1, 0.15) is 0 Å². The first kappa shape index (κ1) is 11.9. The van der Waals surface area contributed by atoms with Crippen molar-refractivity contribution >= 4 is 53.8 Å². The maximum absolute atomic E-state index is 11.1. The fraction of sp³-hybridized carbons (Fsp3) is 0. The molecule has 0 fully saturated rings. The van der Waals surface area contributed by atoms with E-state index in [-0.39, 0.29) is 15.3 Å². The highest BCUT2D eigenvalue weighted by Crippen LogP contribution is 2.26. The third-order valence-electron chi connectivity index (χ3n) is 1.87. The number of nitrogens with zero attached hydrogens (tertiary/aromatic N) is 2. The summed E-state index contributed by atoms with van der Waals surface area (Å²) in [6.07, 6.45) is 0. The van der Waals surface area contributed by atoms with Gasteiger partial charge in [-0.15, -0.1) is 0 Å². The first-order valence-corrected chi connectivity index (χ1v) is 7.02. The molecule has 84 valence electrons. The Balaban J connectivity index is 2.82. The molecule has 0 N–H and O–H groups in total. The molecular weight excluding hydrogens is 295 g/mol. The molecule has 0 radical (unpaired) electrons. The molecule has 1 heterocycles. The van der Waals surface area contributed by atoms with Crippen molar-refractivity contribution in [1.29, 1.82) is 0 Å². The molecule has 1 aromatic heterocycles. The average Bonchev–Trinajstić information content (AvgIpc) is 2.15. The average molecular weight is 298 g/mol. The van der Waals surface area contributed by atoms with Crippen LogP contribution in [0.3, 0.4) is 0 Å². The zero-order valence-corrected chi connectivity index (χ0v) is 10.6. The number of halogens is 3. The van der Waals surface area contributed by atoms with Crippen LogP contribution in [0.15, 0.2) is 23.1 Å². The Bertz CT molecular complexity index is 672. The summed E-state index contributed by atoms with van der Waals surface area (Å²) in [4.78, 5) is 7.54. The van der Waals surface area contributed by atoms with E-state index in [0.29, 0.717) is 10.9 Å². The fourth-order valence-electron chi connectivity index (χ4n) is 1.20. The quantitative estimate of drug-likeness (QED) is 0.461. The molecule has 0 spiro atoms. The van der Waals surface area contributed by atoms with Crippen LogP contribution in [0, 0.1) is 0 Å². The number of benzene rings is 1. The van der Waals surface area contributed by atoms with E-state index >= 15 is 0 Å². The van der Waals surface area contributed by atoms with E-state index in [1.807, 2.05) is 0 Å². The van der Waals surface area contributed by atoms with E-state index in [0.717, 1.165) is 0 Å². The summed E-state index contributed by atoms with van der Waals surface area (Å²) < 4.78 is 22.2. The van der Waals surface area contributed by atoms with Crippen molar-refractivity contribution in [2.75, 3.05) is 0 Å². The van der Waals surface area contributed by atoms with E-state index < -0.39 is 9.05 Å². The first-order chi connectivity index (χ1) is 7.38. The van der Waals surface area contributed by atoms with Crippen LogP contribution < -0.4 is 0 Å². The Labute approximate surface area is 106 Å². The van der Waals surface area contributed by atoms with Crippen LogP contribution in [-0.4, -0.2) is 18.4 Å². The topological polar surface area (TPSA) is 59.9 Å². The summed E-state index contributed by atoms with van der Waals surface area (Å²) in [6, 6.07) is 4.09. The van der Waals surface area contributed by atoms with E-state index in [9.17, 15) is 8.42 Å². The van der Waals surface area contributed by atoms with Gasteiger partial charge in [-0.05, 0) is 29.8 Å². The molecule has 0 aliphatic heterocycles. The van der Waals surface area contributed by atoms with Crippen LogP contribution in [0.4, 0.5) is 0 Å². The number of hydrogen-bond donors (Lipinski definition) is 0. The summed E-state index contributed by atoms with van der Waals surface area (Å²) in [5.74, 6) is 0. The van der Waals surface area contributed by atoms with Gasteiger partial charge in [-0.3, -0.25) is 0 Å². The number of fused-ring (bicyclic) bond motifs is 1. The fourth-order valence-corrected chi connectivity index (χ4v) is 2.42. The van der Waals surface area contributed by atoms with Crippen LogP contribution in [0.5, 0.6) is 0 Å². The predicted molar refractivity (Wildman–Crippen MR) is 62.6 cm³/mol. The Morgan fingerprint density at radius 2 is 1.81 bits per heavy atom. The van der Waals surface area contributed by atoms with Gasteiger partial charge in [-0.2, -0.15) is 0 Å². The Morgan fingerprint density at radius 1 is 1.12 bits per heavy atom. The predicted octanol–water partition coefficient (Wildman–Crippen LogP) is 2.86. The van der Waals surface area contributed by atoms with Crippen LogP contribution >= 0.6 is 33.9 Å². The molecule has 0 aliphatic rings. The van der Waals surface area contributed by atoms with Crippen molar-refractivity contribution in [1.82, 2.24) is 9.97 Å². The second-order valence-electron chi connectivity index (χ2n) is 2.90. The second kappa shape index (κ2) is 4.00. The maximum atomic E-state index is 11.1. The minimum Gasteiger partial charge on any atom is -0.218 e. The molecule has 0 saturated heterocycles. The van der Waals surface area contributed by atoms with Gasteiger partial charge in [0.15, 0.2) is 0 Å². The third-order valence-corrected chi connectivity index (χ3v) is 3.68. The van der Waals surface area contributed by atoms with Gasteiger partial charge in [-0.25, -0.2) is 18.4 Å². The first-order valence-electron chi connectivity index (χ1n) is 3.95. The Kier molecular flexibility index (Phi) is 2.96. The lowest BCUT2D eigenvalue weighted by Gasteiger charge is -2.01. The van der Waals surface area contributed by atoms with Crippen molar-refractivity contribution < 1.29 is 8.42 Å². The second-order valence-corrected chi connectivity index (χ2v) is 6.16. The van der Waals surface area contributed by atoms with Crippen LogP contribution in [0.25, 0.3) is 10.9 Å². The zero-order chi connectivity index (χ0) is 11.9. The maximum Gasteiger partial charge on any atom is 0.261 e. The SMILES string of the molecule is O=S(=O)(Cl)c1ccc2nc(Cl)nc(Cl)c2c1. The number of aromatic nitrogens is 2. The van der Waals surface area contributed by atoms with Gasteiger partial charge in [0.05, 0.1) is 10.4 Å². The normalized spacial score (nSPS) is 11.9. The molecule has 0 saturated carbocycles. The van der Waals surface area contributed by atoms with Gasteiger partial charge in [0.2, 0.25) is 5.28 Å². The summed E-state index contributed by atoms with van der Waals surface area (Å²) in [5.41, 5.74) is 0.453. The molecule has 2 rings (SSSR count). The number of hydrogen-bond acceptors (Lipinski definition) is 4. The van der Waals surface area contributed by atoms with Crippen LogP contribution in [0.2, 0.25) is 10.4 Å². The van der Waals surface area contributed by atoms with Crippen molar-refractivity contribution in [3.63, 3.8) is 0 Å². The highest BCUT2D eigenvalue weighted by atomic mass is 35.7. The lowest BCUT2D eigenvalue weighted by atomic mass is 10.2. The molecular formula is C8H3Cl3N2O2S. The minimum atomic E-state index is -3.80. The van der Waals surface area contributed by atoms with Crippen LogP contribution in [-0.2, 0) is 9.05 Å². The van der Waals surface area contributed by atoms with Gasteiger partial charge in [-0.1, -0.05) is 11.6 Å². The highest BCUT2D eigenvalue weighted by Gasteiger charge is 2.13. The third kappa shape index (κ3) is 2.22. The van der Waals surface area contributed by atoms with E-state index in [1.165, 1.54) is 18.2 Å². The lowest BCUT2D eigenvalue weighted by molar-refractivity contribution is 0.609. The molecule has 8 heteroatoms. The van der Waals surface area contributed by atoms with Crippen molar-refractivity contribution in [2.45, 2.75) is 4.90 Å². The minimum absolute atomic E-state index is 0.000944. The lowest BCUT2D eigenvalue weighted by Crippen LogP contribution is -1.92. The highest BCUT2D eigenvalue weighted by molar-refractivity contribution is 8.13. The van der Waals surface area contributed by atoms with Gasteiger partial charge >= 0.3 is 0 Å². The summed E-state index contributed by atoms with van der Waals surface area (Å²) in [6.45, 7) is 0. The molecule has 2 aromatic rings. The smallest absolute Gasteiger partial charge is 0.218 e. The number of rotatable bonds is 1. The summed E-state index contributed by atoms with van der Waals surface area (Å²) in [7, 11) is 1.41. The van der Waals surface area contributed by atoms with Crippen molar-refractivity contribution in [2.24, 2.45) is 0 Å². The van der Waals surface area contributed by atoms with Gasteiger partial charge < -0.3 is 0 Å². The largest absolute Gasteiger partial charge is 0.261 e. The van der Waals surface area contributed by atoms with Gasteiger partial charge in [0, 0.05) is 16.1 Å². The zero-order valence-electron chi connectivity index (χ0n) is 7.49. The Morgan fingerprint density at radius 3 is 2.44 bits per heavy atom. The van der Waals surface area contributed by atoms with Gasteiger partial charge in [0.25, 0.3) is 9.05 Å². The monoisotopic (exact) mass is 296 g/mol. The van der Waals surface area contributed by atoms with E-state index in [4.69, 9.17) is 33.9 Å². The standard InChI is InChI=1S/C8H3Cl3N2O2S/c9-7-5-3-4(16(11,14)15)1-2-6(5)12-8(10)13-7/h1-3H. The van der Waals surface area contributed by atoms with Crippen molar-refractivity contribution in [3.05, 3.63) is 28.6 Å². The molecule has 0 aliphatic carbocycles. The summed E-state index contributed by atoms with van der Waals surface area (Å²) in [5, 5.41) is 0.462.